The van der Waals surface area contributed by atoms with Gasteiger partial charge < -0.3 is 30.5 Å². The Balaban J connectivity index is 0.000000576. The van der Waals surface area contributed by atoms with E-state index in [0.717, 1.165) is 54.7 Å². The number of carbonyl (C=O) groups excluding carboxylic acids is 3. The van der Waals surface area contributed by atoms with Crippen molar-refractivity contribution in [3.05, 3.63) is 41.6 Å². The number of aldehydes is 2. The lowest BCUT2D eigenvalue weighted by atomic mass is 9.93. The number of nitrogens with one attached hydrogen (secondary N) is 2. The topological polar surface area (TPSA) is 127 Å². The quantitative estimate of drug-likeness (QED) is 0.118. The van der Waals surface area contributed by atoms with Gasteiger partial charge in [-0.05, 0) is 101 Å². The van der Waals surface area contributed by atoms with E-state index in [4.69, 9.17) is 5.73 Å². The number of H-pyrrole nitrogens is 1. The van der Waals surface area contributed by atoms with Gasteiger partial charge in [-0.3, -0.25) is 9.59 Å². The fourth-order valence-corrected chi connectivity index (χ4v) is 4.64. The molecule has 0 aliphatic carbocycles. The first-order chi connectivity index (χ1) is 21.1. The molecule has 0 saturated carbocycles. The molecule has 1 fully saturated rings. The second-order valence-corrected chi connectivity index (χ2v) is 10.9. The van der Waals surface area contributed by atoms with Crippen LogP contribution in [0.4, 0.5) is 14.6 Å². The van der Waals surface area contributed by atoms with Crippen LogP contribution in [-0.2, 0) is 19.3 Å². The molecule has 3 unspecified atom stereocenters. The van der Waals surface area contributed by atoms with Crippen molar-refractivity contribution >= 4 is 35.6 Å². The zero-order chi connectivity index (χ0) is 33.3. The number of ether oxygens (including phenoxy) is 1. The first-order valence-electron chi connectivity index (χ1n) is 15.3. The van der Waals surface area contributed by atoms with Crippen molar-refractivity contribution in [3.8, 4) is 0 Å². The minimum atomic E-state index is -0.460. The summed E-state index contributed by atoms with van der Waals surface area (Å²) in [5.74, 6) is 0.946. The highest BCUT2D eigenvalue weighted by atomic mass is 19.3. The van der Waals surface area contributed by atoms with Crippen molar-refractivity contribution in [2.24, 2.45) is 17.6 Å². The molecule has 1 aromatic carbocycles. The number of amides is 1. The predicted octanol–water partition coefficient (Wildman–Crippen LogP) is 6.44. The molecule has 4 N–H and O–H groups in total. The Morgan fingerprint density at radius 1 is 1.20 bits per heavy atom. The fourth-order valence-electron chi connectivity index (χ4n) is 4.64. The number of nitrogens with zero attached hydrogens (tertiary/aromatic N) is 1. The zero-order valence-corrected chi connectivity index (χ0v) is 27.3. The highest BCUT2D eigenvalue weighted by Gasteiger charge is 2.28. The number of allylic oxidation sites excluding steroid dienone is 1. The number of aromatic nitrogens is 1. The maximum Gasteiger partial charge on any atom is 0.211 e. The van der Waals surface area contributed by atoms with Gasteiger partial charge in [-0.25, -0.2) is 4.39 Å². The number of methoxy groups -OCH3 is 1. The van der Waals surface area contributed by atoms with Crippen molar-refractivity contribution < 1.29 is 33.0 Å². The van der Waals surface area contributed by atoms with Crippen molar-refractivity contribution in [1.82, 2.24) is 9.88 Å². The second kappa shape index (κ2) is 25.3. The van der Waals surface area contributed by atoms with E-state index in [1.807, 2.05) is 13.0 Å². The van der Waals surface area contributed by atoms with E-state index in [2.05, 4.69) is 58.8 Å². The van der Waals surface area contributed by atoms with E-state index in [9.17, 15) is 23.3 Å². The van der Waals surface area contributed by atoms with E-state index in [1.54, 1.807) is 30.9 Å². The number of hydrogen-bond acceptors (Lipinski definition) is 7. The summed E-state index contributed by atoms with van der Waals surface area (Å²) in [6.45, 7) is 10.2. The molecule has 1 aliphatic rings. The van der Waals surface area contributed by atoms with E-state index < -0.39 is 6.67 Å². The number of alkyl halides is 1. The SMILES string of the molecule is C/C=C(\C)[C@H]1CCN(C)C1C.CCC(C=O)CCCC(N)CF.COCCCOF.O=CNc1ccc2[nH]c(C=O)cc2c1. The standard InChI is InChI=1S/C10H8N2O2.C10H19N.C9H18FNO.C4H9FO2/c13-5-9-4-7-3-8(11-6-14)1-2-10(7)12-9;1-5-8(2)10-6-7-11(4)9(10)3;1-2-8(7-12)4-3-5-9(11)6-10;1-6-3-2-4-7-5/h1-6,12H,(H,11,14);5,9-10H,6-7H2,1-4H3;7-9H,2-6,11H2,1H3;2-4H2,1H3/b;8-5+;;/t;9?,10-;;/m.1../s1. The van der Waals surface area contributed by atoms with Gasteiger partial charge in [-0.2, -0.15) is 4.94 Å². The molecular weight excluding hydrogens is 570 g/mol. The molecule has 2 heterocycles. The van der Waals surface area contributed by atoms with Crippen LogP contribution < -0.4 is 11.1 Å². The molecule has 1 aliphatic heterocycles. The predicted molar refractivity (Wildman–Crippen MR) is 174 cm³/mol. The summed E-state index contributed by atoms with van der Waals surface area (Å²) >= 11 is 0. The number of aromatic amines is 1. The van der Waals surface area contributed by atoms with E-state index in [0.29, 0.717) is 37.2 Å². The molecule has 250 valence electrons. The van der Waals surface area contributed by atoms with Crippen LogP contribution in [0.2, 0.25) is 0 Å². The highest BCUT2D eigenvalue weighted by Crippen LogP contribution is 2.28. The molecule has 0 spiro atoms. The van der Waals surface area contributed by atoms with Crippen LogP contribution in [0.5, 0.6) is 0 Å². The fraction of sp³-hybridized carbons (Fsp3) is 0.606. The largest absolute Gasteiger partial charge is 0.385 e. The first-order valence-corrected chi connectivity index (χ1v) is 15.3. The number of likely N-dealkylation sites (tertiary alicyclic amines) is 1. The van der Waals surface area contributed by atoms with Gasteiger partial charge in [0.1, 0.15) is 13.0 Å². The molecule has 1 aromatic heterocycles. The molecule has 4 atom stereocenters. The summed E-state index contributed by atoms with van der Waals surface area (Å²) in [7, 11) is 3.78. The summed E-state index contributed by atoms with van der Waals surface area (Å²) in [5.41, 5.74) is 9.06. The molecule has 3 rings (SSSR count). The molecule has 9 nitrogen and oxygen atoms in total. The highest BCUT2D eigenvalue weighted by molar-refractivity contribution is 5.91. The van der Waals surface area contributed by atoms with Crippen LogP contribution in [0.3, 0.4) is 0 Å². The Hall–Kier alpha value is -2.99. The number of carbonyl (C=O) groups is 3. The van der Waals surface area contributed by atoms with Gasteiger partial charge in [-0.15, -0.1) is 0 Å². The van der Waals surface area contributed by atoms with Crippen LogP contribution in [-0.4, -0.2) is 81.5 Å². The third kappa shape index (κ3) is 16.7. The summed E-state index contributed by atoms with van der Waals surface area (Å²) in [6.07, 6.45) is 9.80. The monoisotopic (exact) mass is 624 g/mol. The minimum absolute atomic E-state index is 0.133. The Labute approximate surface area is 261 Å². The number of fused-ring (bicyclic) bond motifs is 1. The lowest BCUT2D eigenvalue weighted by Crippen LogP contribution is -2.26. The molecular formula is C33H54F2N4O5. The summed E-state index contributed by atoms with van der Waals surface area (Å²) in [6, 6.07) is 7.52. The van der Waals surface area contributed by atoms with Crippen LogP contribution in [0, 0.1) is 11.8 Å². The molecule has 0 radical (unpaired) electrons. The van der Waals surface area contributed by atoms with E-state index in [-0.39, 0.29) is 18.6 Å². The maximum atomic E-state index is 11.9. The average Bonchev–Trinajstić information content (AvgIpc) is 3.62. The molecule has 11 heteroatoms. The number of hydrogen-bond donors (Lipinski definition) is 3. The molecule has 2 aromatic rings. The summed E-state index contributed by atoms with van der Waals surface area (Å²) < 4.78 is 27.2. The van der Waals surface area contributed by atoms with Gasteiger partial charge in [0.25, 0.3) is 0 Å². The van der Waals surface area contributed by atoms with E-state index in [1.165, 1.54) is 13.0 Å². The van der Waals surface area contributed by atoms with E-state index >= 15 is 0 Å². The number of halogens is 2. The Bertz CT molecular complexity index is 1080. The number of benzene rings is 1. The minimum Gasteiger partial charge on any atom is -0.385 e. The third-order valence-corrected chi connectivity index (χ3v) is 7.74. The smallest absolute Gasteiger partial charge is 0.211 e. The zero-order valence-electron chi connectivity index (χ0n) is 27.3. The van der Waals surface area contributed by atoms with Crippen molar-refractivity contribution in [3.63, 3.8) is 0 Å². The molecule has 44 heavy (non-hydrogen) atoms. The first kappa shape index (κ1) is 41.0. The lowest BCUT2D eigenvalue weighted by Gasteiger charge is -2.20. The lowest BCUT2D eigenvalue weighted by molar-refractivity contribution is -0.135. The molecule has 1 amide bonds. The Kier molecular flexibility index (Phi) is 23.6. The van der Waals surface area contributed by atoms with Gasteiger partial charge in [-0.1, -0.05) is 25.0 Å². The number of rotatable bonds is 15. The Morgan fingerprint density at radius 2 is 1.93 bits per heavy atom. The van der Waals surface area contributed by atoms with Crippen LogP contribution in [0.25, 0.3) is 10.9 Å². The average molecular weight is 625 g/mol. The van der Waals surface area contributed by atoms with Gasteiger partial charge in [0, 0.05) is 48.3 Å². The van der Waals surface area contributed by atoms with Gasteiger partial charge in [0.05, 0.1) is 12.3 Å². The van der Waals surface area contributed by atoms with Crippen molar-refractivity contribution in [2.75, 3.05) is 45.9 Å². The summed E-state index contributed by atoms with van der Waals surface area (Å²) in [4.78, 5) is 39.7. The normalized spacial score (nSPS) is 17.6. The Morgan fingerprint density at radius 3 is 2.43 bits per heavy atom. The number of anilines is 1. The molecule has 0 bridgehead atoms. The third-order valence-electron chi connectivity index (χ3n) is 7.74. The van der Waals surface area contributed by atoms with Gasteiger partial charge in [0.2, 0.25) is 6.41 Å². The van der Waals surface area contributed by atoms with Gasteiger partial charge >= 0.3 is 0 Å². The van der Waals surface area contributed by atoms with Crippen molar-refractivity contribution in [2.45, 2.75) is 78.3 Å². The molecule has 1 saturated heterocycles. The van der Waals surface area contributed by atoms with Crippen LogP contribution >= 0.6 is 0 Å². The maximum absolute atomic E-state index is 11.9. The second-order valence-electron chi connectivity index (χ2n) is 10.9. The van der Waals surface area contributed by atoms with Crippen molar-refractivity contribution in [1.29, 1.82) is 0 Å². The van der Waals surface area contributed by atoms with Crippen LogP contribution in [0.1, 0.15) is 76.7 Å². The van der Waals surface area contributed by atoms with Crippen LogP contribution in [0.15, 0.2) is 35.9 Å². The number of nitrogens with two attached hydrogens (primary N) is 1. The summed E-state index contributed by atoms with van der Waals surface area (Å²) in [5, 5.41) is 3.45. The van der Waals surface area contributed by atoms with Gasteiger partial charge in [0.15, 0.2) is 6.29 Å².